The zero-order chi connectivity index (χ0) is 34.0. The summed E-state index contributed by atoms with van der Waals surface area (Å²) in [6.07, 6.45) is 2.38. The van der Waals surface area contributed by atoms with Gasteiger partial charge >= 0.3 is 5.97 Å². The Morgan fingerprint density at radius 1 is 1.15 bits per heavy atom. The zero-order valence-corrected chi connectivity index (χ0v) is 29.1. The van der Waals surface area contributed by atoms with Gasteiger partial charge in [0, 0.05) is 25.3 Å². The van der Waals surface area contributed by atoms with Crippen molar-refractivity contribution in [2.75, 3.05) is 30.8 Å². The molecule has 12 heteroatoms. The zero-order valence-electron chi connectivity index (χ0n) is 28.2. The molecule has 2 aliphatic heterocycles. The highest BCUT2D eigenvalue weighted by atomic mass is 32.2. The highest BCUT2D eigenvalue weighted by Crippen LogP contribution is 2.38. The first-order valence-corrected chi connectivity index (χ1v) is 18.1. The molecule has 1 fully saturated rings. The van der Waals surface area contributed by atoms with E-state index in [-0.39, 0.29) is 35.8 Å². The standard InChI is InChI=1S/C35H45N7O4S/c1-9-41(17-16-37-47(8,44)45)27-14-15-28(23(4)20-27)38-34-30(36-7)29(35(43)46-31-24(5)18-22(3)19-25(31)6)33-39-32(40-42(33)34)26-12-10-21(2)11-13-26/h10-15,20,22,24-25,31-32,37,40H,9,16-19H2,1-6,8H3. The van der Waals surface area contributed by atoms with Gasteiger partial charge in [-0.25, -0.2) is 32.8 Å². The van der Waals surface area contributed by atoms with Gasteiger partial charge in [0.05, 0.1) is 18.5 Å². The van der Waals surface area contributed by atoms with Crippen molar-refractivity contribution in [3.05, 3.63) is 81.8 Å². The highest BCUT2D eigenvalue weighted by Gasteiger charge is 2.46. The van der Waals surface area contributed by atoms with Gasteiger partial charge in [0.25, 0.3) is 0 Å². The number of benzene rings is 2. The van der Waals surface area contributed by atoms with Crippen LogP contribution in [0, 0.1) is 38.2 Å². The molecule has 1 aliphatic carbocycles. The van der Waals surface area contributed by atoms with Gasteiger partial charge in [0.15, 0.2) is 5.84 Å². The highest BCUT2D eigenvalue weighted by molar-refractivity contribution is 7.88. The largest absolute Gasteiger partial charge is 0.459 e. The van der Waals surface area contributed by atoms with E-state index in [1.54, 1.807) is 5.01 Å². The number of hydrogen-bond acceptors (Lipinski definition) is 8. The van der Waals surface area contributed by atoms with Crippen molar-refractivity contribution in [2.45, 2.75) is 66.7 Å². The lowest BCUT2D eigenvalue weighted by Crippen LogP contribution is -2.41. The van der Waals surface area contributed by atoms with Gasteiger partial charge in [-0.1, -0.05) is 50.6 Å². The van der Waals surface area contributed by atoms with E-state index < -0.39 is 22.2 Å². The average molecular weight is 660 g/mol. The second-order valence-electron chi connectivity index (χ2n) is 13.1. The quantitative estimate of drug-likeness (QED) is 0.258. The molecule has 3 atom stereocenters. The lowest BCUT2D eigenvalue weighted by atomic mass is 9.75. The first kappa shape index (κ1) is 34.3. The summed E-state index contributed by atoms with van der Waals surface area (Å²) in [5, 5.41) is 1.65. The molecule has 0 radical (unpaired) electrons. The number of carbonyl (C=O) groups is 1. The molecule has 3 aliphatic rings. The topological polar surface area (TPSA) is 120 Å². The van der Waals surface area contributed by atoms with Crippen LogP contribution in [0.1, 0.15) is 63.4 Å². The fraction of sp³-hybridized carbons (Fsp3) is 0.486. The molecule has 5 rings (SSSR count). The van der Waals surface area contributed by atoms with Crippen molar-refractivity contribution >= 4 is 39.0 Å². The number of esters is 1. The lowest BCUT2D eigenvalue weighted by molar-refractivity contribution is -0.152. The molecule has 0 spiro atoms. The fourth-order valence-corrected chi connectivity index (χ4v) is 7.33. The number of carbonyl (C=O) groups excluding carboxylic acids is 1. The van der Waals surface area contributed by atoms with Crippen molar-refractivity contribution < 1.29 is 17.9 Å². The fourth-order valence-electron chi connectivity index (χ4n) is 6.87. The number of sulfonamides is 1. The Labute approximate surface area is 278 Å². The van der Waals surface area contributed by atoms with Gasteiger partial charge in [-0.3, -0.25) is 5.01 Å². The number of nitrogens with one attached hydrogen (secondary N) is 2. The number of aryl methyl sites for hydroxylation is 2. The summed E-state index contributed by atoms with van der Waals surface area (Å²) < 4.78 is 31.8. The van der Waals surface area contributed by atoms with E-state index in [9.17, 15) is 13.2 Å². The van der Waals surface area contributed by atoms with E-state index in [1.807, 2.05) is 63.2 Å². The van der Waals surface area contributed by atoms with E-state index in [4.69, 9.17) is 21.3 Å². The van der Waals surface area contributed by atoms with Gasteiger partial charge in [0.2, 0.25) is 15.7 Å². The summed E-state index contributed by atoms with van der Waals surface area (Å²) >= 11 is 0. The maximum atomic E-state index is 14.0. The number of fused-ring (bicyclic) bond motifs is 1. The predicted molar refractivity (Wildman–Crippen MR) is 186 cm³/mol. The van der Waals surface area contributed by atoms with Gasteiger partial charge in [0.1, 0.15) is 23.7 Å². The molecule has 2 N–H and O–H groups in total. The Hall–Kier alpha value is -4.05. The minimum absolute atomic E-state index is 0.0959. The molecule has 0 bridgehead atoms. The van der Waals surface area contributed by atoms with Crippen molar-refractivity contribution in [3.8, 4) is 0 Å². The van der Waals surface area contributed by atoms with Crippen LogP contribution in [0.2, 0.25) is 0 Å². The molecule has 47 heavy (non-hydrogen) atoms. The number of likely N-dealkylation sites (N-methyl/N-ethyl adjacent to an activating group) is 1. The molecular weight excluding hydrogens is 614 g/mol. The van der Waals surface area contributed by atoms with E-state index in [1.165, 1.54) is 0 Å². The summed E-state index contributed by atoms with van der Waals surface area (Å²) in [6.45, 7) is 22.1. The Morgan fingerprint density at radius 2 is 1.83 bits per heavy atom. The number of hydrogen-bond donors (Lipinski definition) is 2. The summed E-state index contributed by atoms with van der Waals surface area (Å²) in [5.41, 5.74) is 8.05. The molecule has 2 aromatic carbocycles. The number of ether oxygens (including phenoxy) is 1. The normalized spacial score (nSPS) is 25.1. The Balaban J connectivity index is 1.50. The third-order valence-electron chi connectivity index (χ3n) is 9.12. The number of amidine groups is 2. The predicted octanol–water partition coefficient (Wildman–Crippen LogP) is 5.43. The Kier molecular flexibility index (Phi) is 10.2. The first-order valence-electron chi connectivity index (χ1n) is 16.2. The molecule has 2 aromatic rings. The summed E-state index contributed by atoms with van der Waals surface area (Å²) in [7, 11) is -3.28. The van der Waals surface area contributed by atoms with Crippen LogP contribution in [-0.2, 0) is 19.6 Å². The Bertz CT molecular complexity index is 1750. The van der Waals surface area contributed by atoms with Crippen molar-refractivity contribution in [1.29, 1.82) is 0 Å². The van der Waals surface area contributed by atoms with E-state index in [0.717, 1.165) is 41.5 Å². The maximum Gasteiger partial charge on any atom is 0.331 e. The second-order valence-corrected chi connectivity index (χ2v) is 15.0. The van der Waals surface area contributed by atoms with Gasteiger partial charge in [-0.05, 0) is 80.7 Å². The number of anilines is 1. The molecule has 250 valence electrons. The molecule has 0 saturated heterocycles. The van der Waals surface area contributed by atoms with Gasteiger partial charge in [-0.2, -0.15) is 5.43 Å². The number of rotatable bonds is 10. The molecule has 2 heterocycles. The minimum atomic E-state index is -3.28. The molecule has 0 amide bonds. The van der Waals surface area contributed by atoms with E-state index >= 15 is 0 Å². The third-order valence-corrected chi connectivity index (χ3v) is 9.85. The van der Waals surface area contributed by atoms with Crippen LogP contribution in [0.15, 0.2) is 63.7 Å². The summed E-state index contributed by atoms with van der Waals surface area (Å²) in [5.74, 6) is 1.04. The van der Waals surface area contributed by atoms with E-state index in [0.29, 0.717) is 36.4 Å². The van der Waals surface area contributed by atoms with Crippen LogP contribution in [0.4, 0.5) is 11.4 Å². The maximum absolute atomic E-state index is 14.0. The van der Waals surface area contributed by atoms with Crippen LogP contribution in [0.25, 0.3) is 4.85 Å². The second kappa shape index (κ2) is 14.0. The van der Waals surface area contributed by atoms with Crippen LogP contribution < -0.4 is 15.0 Å². The van der Waals surface area contributed by atoms with Gasteiger partial charge < -0.3 is 9.64 Å². The number of aliphatic imine (C=N–C) groups is 2. The molecule has 3 unspecified atom stereocenters. The monoisotopic (exact) mass is 659 g/mol. The minimum Gasteiger partial charge on any atom is -0.459 e. The first-order chi connectivity index (χ1) is 22.3. The number of nitrogens with zero attached hydrogens (tertiary/aromatic N) is 5. The van der Waals surface area contributed by atoms with Crippen molar-refractivity contribution in [2.24, 2.45) is 27.7 Å². The van der Waals surface area contributed by atoms with Crippen LogP contribution in [0.5, 0.6) is 0 Å². The summed E-state index contributed by atoms with van der Waals surface area (Å²) in [4.78, 5) is 29.7. The molecule has 0 aromatic heterocycles. The summed E-state index contributed by atoms with van der Waals surface area (Å²) in [6, 6.07) is 13.8. The van der Waals surface area contributed by atoms with Crippen LogP contribution in [-0.4, -0.2) is 63.1 Å². The lowest BCUT2D eigenvalue weighted by Gasteiger charge is -2.37. The molecular formula is C35H45N7O4S. The third kappa shape index (κ3) is 7.59. The van der Waals surface area contributed by atoms with Crippen molar-refractivity contribution in [1.82, 2.24) is 15.2 Å². The molecule has 1 saturated carbocycles. The van der Waals surface area contributed by atoms with Gasteiger partial charge in [-0.15, -0.1) is 0 Å². The SMILES string of the molecule is [C-]#[N+]C1=C(C(=O)OC2C(C)CC(C)CC2C)C2=NC(c3ccc(C)cc3)NN2C1=Nc1ccc(N(CC)CCNS(C)(=O)=O)cc1C. The van der Waals surface area contributed by atoms with Crippen LogP contribution >= 0.6 is 0 Å². The van der Waals surface area contributed by atoms with Crippen LogP contribution in [0.3, 0.4) is 0 Å². The molecule has 11 nitrogen and oxygen atoms in total. The average Bonchev–Trinajstić information content (AvgIpc) is 3.55. The van der Waals surface area contributed by atoms with Crippen molar-refractivity contribution in [3.63, 3.8) is 0 Å². The number of hydrazine groups is 1. The van der Waals surface area contributed by atoms with E-state index in [2.05, 4.69) is 40.7 Å². The Morgan fingerprint density at radius 3 is 2.43 bits per heavy atom. The smallest absolute Gasteiger partial charge is 0.331 e.